The second-order valence-electron chi connectivity index (χ2n) is 3.14. The van der Waals surface area contributed by atoms with Crippen LogP contribution in [0.25, 0.3) is 0 Å². The molecule has 0 aliphatic heterocycles. The molecule has 0 spiro atoms. The molecule has 1 aromatic rings. The molecular weight excluding hydrogens is 180 g/mol. The van der Waals surface area contributed by atoms with E-state index in [1.165, 1.54) is 0 Å². The molecule has 0 aliphatic rings. The van der Waals surface area contributed by atoms with Crippen molar-refractivity contribution in [2.24, 2.45) is 12.8 Å². The lowest BCUT2D eigenvalue weighted by Gasteiger charge is -2.04. The van der Waals surface area contributed by atoms with E-state index in [0.717, 1.165) is 12.8 Å². The van der Waals surface area contributed by atoms with Gasteiger partial charge in [0.1, 0.15) is 5.69 Å². The number of carbonyl (C=O) groups excluding carboxylic acids is 1. The van der Waals surface area contributed by atoms with E-state index in [4.69, 9.17) is 5.73 Å². The molecule has 3 N–H and O–H groups in total. The Labute approximate surface area is 83.3 Å². The molecule has 5 heteroatoms. The first-order valence-corrected chi connectivity index (χ1v) is 4.70. The average Bonchev–Trinajstić information content (AvgIpc) is 2.59. The van der Waals surface area contributed by atoms with Crippen LogP contribution in [0.2, 0.25) is 0 Å². The van der Waals surface area contributed by atoms with Gasteiger partial charge in [0, 0.05) is 13.6 Å². The summed E-state index contributed by atoms with van der Waals surface area (Å²) in [6.45, 7) is 1.34. The molecule has 0 aliphatic carbocycles. The summed E-state index contributed by atoms with van der Waals surface area (Å²) in [5.41, 5.74) is 5.92. The first-order valence-electron chi connectivity index (χ1n) is 4.70. The summed E-state index contributed by atoms with van der Waals surface area (Å²) in [6.07, 6.45) is 5.01. The Morgan fingerprint density at radius 3 is 3.00 bits per heavy atom. The Bertz CT molecular complexity index is 295. The molecule has 0 fully saturated rings. The summed E-state index contributed by atoms with van der Waals surface area (Å²) in [6, 6.07) is 0. The highest BCUT2D eigenvalue weighted by molar-refractivity contribution is 5.92. The summed E-state index contributed by atoms with van der Waals surface area (Å²) in [4.78, 5) is 15.4. The van der Waals surface area contributed by atoms with Crippen LogP contribution in [0.15, 0.2) is 12.5 Å². The van der Waals surface area contributed by atoms with E-state index in [9.17, 15) is 4.79 Å². The summed E-state index contributed by atoms with van der Waals surface area (Å²) in [7, 11) is 1.79. The van der Waals surface area contributed by atoms with Gasteiger partial charge in [-0.2, -0.15) is 0 Å². The third kappa shape index (κ3) is 2.85. The van der Waals surface area contributed by atoms with Crippen molar-refractivity contribution >= 4 is 5.91 Å². The van der Waals surface area contributed by atoms with Crippen LogP contribution in [0, 0.1) is 0 Å². The van der Waals surface area contributed by atoms with Gasteiger partial charge in [-0.25, -0.2) is 4.98 Å². The summed E-state index contributed by atoms with van der Waals surface area (Å²) < 4.78 is 1.69. The van der Waals surface area contributed by atoms with Crippen LogP contribution in [-0.4, -0.2) is 28.5 Å². The minimum atomic E-state index is -0.0815. The average molecular weight is 196 g/mol. The van der Waals surface area contributed by atoms with Crippen molar-refractivity contribution in [1.29, 1.82) is 0 Å². The van der Waals surface area contributed by atoms with Crippen molar-refractivity contribution in [3.05, 3.63) is 18.2 Å². The highest BCUT2D eigenvalue weighted by atomic mass is 16.1. The molecule has 14 heavy (non-hydrogen) atoms. The van der Waals surface area contributed by atoms with Crippen molar-refractivity contribution in [3.8, 4) is 0 Å². The number of aromatic nitrogens is 2. The Hall–Kier alpha value is -1.36. The van der Waals surface area contributed by atoms with E-state index < -0.39 is 0 Å². The molecule has 0 saturated carbocycles. The molecule has 1 heterocycles. The van der Waals surface area contributed by atoms with Gasteiger partial charge >= 0.3 is 0 Å². The number of hydrogen-bond donors (Lipinski definition) is 2. The van der Waals surface area contributed by atoms with Gasteiger partial charge in [0.15, 0.2) is 0 Å². The number of imidazole rings is 1. The standard InChI is InChI=1S/C9H16N4O/c1-13-7-11-6-8(13)9(14)12-5-3-2-4-10/h6-7H,2-5,10H2,1H3,(H,12,14). The zero-order valence-electron chi connectivity index (χ0n) is 8.36. The van der Waals surface area contributed by atoms with E-state index in [1.54, 1.807) is 24.1 Å². The third-order valence-corrected chi connectivity index (χ3v) is 1.97. The number of nitrogens with one attached hydrogen (secondary N) is 1. The predicted octanol–water partition coefficient (Wildman–Crippen LogP) is -0.111. The molecule has 1 rings (SSSR count). The molecule has 0 bridgehead atoms. The number of nitrogens with zero attached hydrogens (tertiary/aromatic N) is 2. The summed E-state index contributed by atoms with van der Waals surface area (Å²) >= 11 is 0. The maximum absolute atomic E-state index is 11.5. The van der Waals surface area contributed by atoms with Crippen LogP contribution >= 0.6 is 0 Å². The molecule has 0 saturated heterocycles. The van der Waals surface area contributed by atoms with Gasteiger partial charge in [-0.1, -0.05) is 0 Å². The first kappa shape index (κ1) is 10.7. The molecule has 78 valence electrons. The molecule has 0 aromatic carbocycles. The fourth-order valence-electron chi connectivity index (χ4n) is 1.14. The fourth-order valence-corrected chi connectivity index (χ4v) is 1.14. The van der Waals surface area contributed by atoms with E-state index in [1.807, 2.05) is 0 Å². The monoisotopic (exact) mass is 196 g/mol. The molecule has 1 aromatic heterocycles. The molecule has 1 amide bonds. The van der Waals surface area contributed by atoms with Crippen LogP contribution < -0.4 is 11.1 Å². The van der Waals surface area contributed by atoms with Gasteiger partial charge in [0.25, 0.3) is 5.91 Å². The van der Waals surface area contributed by atoms with Crippen LogP contribution in [0.1, 0.15) is 23.3 Å². The van der Waals surface area contributed by atoms with Gasteiger partial charge in [-0.05, 0) is 19.4 Å². The second kappa shape index (κ2) is 5.39. The minimum absolute atomic E-state index is 0.0815. The Balaban J connectivity index is 2.32. The lowest BCUT2D eigenvalue weighted by Crippen LogP contribution is -2.26. The topological polar surface area (TPSA) is 72.9 Å². The molecule has 0 atom stereocenters. The predicted molar refractivity (Wildman–Crippen MR) is 53.8 cm³/mol. The zero-order chi connectivity index (χ0) is 10.4. The van der Waals surface area contributed by atoms with E-state index in [2.05, 4.69) is 10.3 Å². The highest BCUT2D eigenvalue weighted by Crippen LogP contribution is 1.95. The van der Waals surface area contributed by atoms with Crippen LogP contribution in [0.4, 0.5) is 0 Å². The van der Waals surface area contributed by atoms with Crippen molar-refractivity contribution in [2.45, 2.75) is 12.8 Å². The van der Waals surface area contributed by atoms with Gasteiger partial charge in [0.2, 0.25) is 0 Å². The normalized spacial score (nSPS) is 10.1. The number of nitrogens with two attached hydrogens (primary N) is 1. The Morgan fingerprint density at radius 2 is 2.43 bits per heavy atom. The van der Waals surface area contributed by atoms with Crippen LogP contribution in [0.3, 0.4) is 0 Å². The number of unbranched alkanes of at least 4 members (excludes halogenated alkanes) is 1. The highest BCUT2D eigenvalue weighted by Gasteiger charge is 2.07. The van der Waals surface area contributed by atoms with Crippen LogP contribution in [0.5, 0.6) is 0 Å². The second-order valence-corrected chi connectivity index (χ2v) is 3.14. The van der Waals surface area contributed by atoms with E-state index in [0.29, 0.717) is 18.8 Å². The van der Waals surface area contributed by atoms with Gasteiger partial charge in [-0.15, -0.1) is 0 Å². The largest absolute Gasteiger partial charge is 0.351 e. The van der Waals surface area contributed by atoms with Crippen molar-refractivity contribution in [3.63, 3.8) is 0 Å². The lowest BCUT2D eigenvalue weighted by atomic mass is 10.3. The number of amides is 1. The number of aryl methyl sites for hydroxylation is 1. The number of carbonyl (C=O) groups is 1. The lowest BCUT2D eigenvalue weighted by molar-refractivity contribution is 0.0945. The first-order chi connectivity index (χ1) is 6.75. The molecule has 0 unspecified atom stereocenters. The maximum atomic E-state index is 11.5. The third-order valence-electron chi connectivity index (χ3n) is 1.97. The van der Waals surface area contributed by atoms with Gasteiger partial charge < -0.3 is 15.6 Å². The van der Waals surface area contributed by atoms with E-state index in [-0.39, 0.29) is 5.91 Å². The molecular formula is C9H16N4O. The van der Waals surface area contributed by atoms with Crippen LogP contribution in [-0.2, 0) is 7.05 Å². The van der Waals surface area contributed by atoms with Crippen molar-refractivity contribution in [1.82, 2.24) is 14.9 Å². The molecule has 5 nitrogen and oxygen atoms in total. The maximum Gasteiger partial charge on any atom is 0.269 e. The summed E-state index contributed by atoms with van der Waals surface area (Å²) in [5.74, 6) is -0.0815. The SMILES string of the molecule is Cn1cncc1C(=O)NCCCCN. The van der Waals surface area contributed by atoms with Gasteiger partial charge in [0.05, 0.1) is 12.5 Å². The van der Waals surface area contributed by atoms with Crippen molar-refractivity contribution < 1.29 is 4.79 Å². The quantitative estimate of drug-likeness (QED) is 0.645. The Morgan fingerprint density at radius 1 is 1.64 bits per heavy atom. The van der Waals surface area contributed by atoms with Crippen molar-refractivity contribution in [2.75, 3.05) is 13.1 Å². The van der Waals surface area contributed by atoms with E-state index >= 15 is 0 Å². The number of rotatable bonds is 5. The Kier molecular flexibility index (Phi) is 4.12. The van der Waals surface area contributed by atoms with Gasteiger partial charge in [-0.3, -0.25) is 4.79 Å². The minimum Gasteiger partial charge on any atom is -0.351 e. The zero-order valence-corrected chi connectivity index (χ0v) is 8.36. The summed E-state index contributed by atoms with van der Waals surface area (Å²) in [5, 5.41) is 2.81. The smallest absolute Gasteiger partial charge is 0.269 e. The molecule has 0 radical (unpaired) electrons. The fraction of sp³-hybridized carbons (Fsp3) is 0.556. The number of hydrogen-bond acceptors (Lipinski definition) is 3.